The maximum atomic E-state index is 10.0. The highest BCUT2D eigenvalue weighted by atomic mass is 16.4. The van der Waals surface area contributed by atoms with Gasteiger partial charge in [-0.3, -0.25) is 0 Å². The summed E-state index contributed by atoms with van der Waals surface area (Å²) in [5.74, 6) is 0. The van der Waals surface area contributed by atoms with E-state index in [0.717, 1.165) is 6.42 Å². The van der Waals surface area contributed by atoms with Crippen LogP contribution in [0.1, 0.15) is 13.3 Å². The average Bonchev–Trinajstić information content (AvgIpc) is 1.61. The van der Waals surface area contributed by atoms with E-state index in [1.54, 1.807) is 0 Å². The lowest BCUT2D eigenvalue weighted by molar-refractivity contribution is 0.0645. The molecule has 0 aliphatic carbocycles. The predicted octanol–water partition coefficient (Wildman–Crippen LogP) is 0.631. The van der Waals surface area contributed by atoms with Crippen LogP contribution in [0.25, 0.3) is 0 Å². The third-order valence-electron chi connectivity index (χ3n) is 1.55. The number of carbonyl (C=O) groups excluding carboxylic acids is 1. The molecule has 1 unspecified atom stereocenters. The first-order valence-electron chi connectivity index (χ1n) is 2.69. The lowest BCUT2D eigenvalue weighted by Gasteiger charge is -2.34. The number of likely N-dealkylation sites (tertiary alicyclic amines) is 1. The van der Waals surface area contributed by atoms with Crippen LogP contribution in [0.3, 0.4) is 0 Å². The van der Waals surface area contributed by atoms with Crippen molar-refractivity contribution in [1.29, 1.82) is 0 Å². The van der Waals surface area contributed by atoms with Gasteiger partial charge in [0.15, 0.2) is 0 Å². The molecular weight excluding hydrogens is 106 g/mol. The molecule has 1 aliphatic heterocycles. The smallest absolute Gasteiger partial charge is 0.302 e. The summed E-state index contributed by atoms with van der Waals surface area (Å²) in [7, 11) is 0. The van der Waals surface area contributed by atoms with Gasteiger partial charge in [-0.05, 0) is 13.3 Å². The summed E-state index contributed by atoms with van der Waals surface area (Å²) >= 11 is 0. The standard InChI is InChI=1S/C5H8NO2/c1-4-2-3-6(4)5(7)8/h4H,2-3H2,1H3. The third kappa shape index (κ3) is 0.638. The second kappa shape index (κ2) is 1.65. The molecule has 1 radical (unpaired) electrons. The van der Waals surface area contributed by atoms with Crippen LogP contribution in [0.2, 0.25) is 0 Å². The number of carbonyl (C=O) groups is 1. The molecule has 3 nitrogen and oxygen atoms in total. The van der Waals surface area contributed by atoms with E-state index in [4.69, 9.17) is 0 Å². The van der Waals surface area contributed by atoms with Crippen molar-refractivity contribution in [3.05, 3.63) is 0 Å². The zero-order chi connectivity index (χ0) is 6.15. The van der Waals surface area contributed by atoms with Gasteiger partial charge in [-0.25, -0.2) is 9.90 Å². The van der Waals surface area contributed by atoms with Crippen molar-refractivity contribution < 1.29 is 9.90 Å². The van der Waals surface area contributed by atoms with Crippen LogP contribution in [0.5, 0.6) is 0 Å². The Balaban J connectivity index is 2.37. The number of hydrogen-bond acceptors (Lipinski definition) is 1. The van der Waals surface area contributed by atoms with Crippen LogP contribution in [0, 0.1) is 0 Å². The van der Waals surface area contributed by atoms with Gasteiger partial charge in [-0.2, -0.15) is 0 Å². The first-order valence-corrected chi connectivity index (χ1v) is 2.69. The van der Waals surface area contributed by atoms with Gasteiger partial charge in [0.25, 0.3) is 0 Å². The number of amides is 1. The van der Waals surface area contributed by atoms with Gasteiger partial charge in [0.2, 0.25) is 0 Å². The number of nitrogens with zero attached hydrogens (tertiary/aromatic N) is 1. The van der Waals surface area contributed by atoms with Crippen molar-refractivity contribution in [2.45, 2.75) is 19.4 Å². The van der Waals surface area contributed by atoms with E-state index < -0.39 is 6.09 Å². The molecule has 3 heteroatoms. The highest BCUT2D eigenvalue weighted by molar-refractivity contribution is 5.65. The molecular formula is C5H8NO2. The molecule has 1 aliphatic rings. The fourth-order valence-electron chi connectivity index (χ4n) is 0.788. The molecule has 45 valence electrons. The first-order chi connectivity index (χ1) is 3.72. The summed E-state index contributed by atoms with van der Waals surface area (Å²) < 4.78 is 0. The van der Waals surface area contributed by atoms with E-state index in [0.29, 0.717) is 6.54 Å². The summed E-state index contributed by atoms with van der Waals surface area (Å²) in [6, 6.07) is 0.194. The van der Waals surface area contributed by atoms with Gasteiger partial charge in [-0.1, -0.05) is 0 Å². The minimum absolute atomic E-state index is 0.194. The Kier molecular flexibility index (Phi) is 1.12. The topological polar surface area (TPSA) is 40.2 Å². The van der Waals surface area contributed by atoms with Gasteiger partial charge >= 0.3 is 6.09 Å². The molecule has 0 N–H and O–H groups in total. The molecule has 1 fully saturated rings. The van der Waals surface area contributed by atoms with Gasteiger partial charge in [-0.15, -0.1) is 0 Å². The molecule has 0 aromatic rings. The third-order valence-corrected chi connectivity index (χ3v) is 1.55. The average molecular weight is 114 g/mol. The molecule has 0 bridgehead atoms. The highest BCUT2D eigenvalue weighted by Gasteiger charge is 2.28. The van der Waals surface area contributed by atoms with E-state index in [9.17, 15) is 9.90 Å². The summed E-state index contributed by atoms with van der Waals surface area (Å²) in [5, 5.41) is 10.0. The Morgan fingerprint density at radius 1 is 1.75 bits per heavy atom. The Labute approximate surface area is 47.9 Å². The van der Waals surface area contributed by atoms with Crippen LogP contribution >= 0.6 is 0 Å². The minimum Gasteiger partial charge on any atom is -0.302 e. The Morgan fingerprint density at radius 2 is 2.38 bits per heavy atom. The molecule has 8 heavy (non-hydrogen) atoms. The van der Waals surface area contributed by atoms with Crippen molar-refractivity contribution >= 4 is 6.09 Å². The van der Waals surface area contributed by atoms with Crippen molar-refractivity contribution in [2.24, 2.45) is 0 Å². The summed E-state index contributed by atoms with van der Waals surface area (Å²) in [6.07, 6.45) is -0.0581. The Hall–Kier alpha value is -0.730. The largest absolute Gasteiger partial charge is 0.453 e. The highest BCUT2D eigenvalue weighted by Crippen LogP contribution is 2.15. The number of hydrogen-bond donors (Lipinski definition) is 0. The lowest BCUT2D eigenvalue weighted by atomic mass is 10.1. The summed E-state index contributed by atoms with van der Waals surface area (Å²) in [4.78, 5) is 11.3. The van der Waals surface area contributed by atoms with Crippen LogP contribution in [-0.4, -0.2) is 23.6 Å². The Morgan fingerprint density at radius 3 is 2.38 bits per heavy atom. The first kappa shape index (κ1) is 5.41. The fraction of sp³-hybridized carbons (Fsp3) is 0.800. The molecule has 1 saturated heterocycles. The van der Waals surface area contributed by atoms with Gasteiger partial charge < -0.3 is 4.90 Å². The van der Waals surface area contributed by atoms with Crippen LogP contribution < -0.4 is 0 Å². The molecule has 0 aromatic carbocycles. The van der Waals surface area contributed by atoms with Crippen molar-refractivity contribution in [3.8, 4) is 0 Å². The zero-order valence-electron chi connectivity index (χ0n) is 4.76. The molecule has 1 heterocycles. The van der Waals surface area contributed by atoms with E-state index in [1.165, 1.54) is 4.90 Å². The zero-order valence-corrected chi connectivity index (χ0v) is 4.76. The van der Waals surface area contributed by atoms with Crippen LogP contribution in [0.15, 0.2) is 0 Å². The summed E-state index contributed by atoms with van der Waals surface area (Å²) in [5.41, 5.74) is 0. The second-order valence-electron chi connectivity index (χ2n) is 2.10. The van der Waals surface area contributed by atoms with Crippen molar-refractivity contribution in [2.75, 3.05) is 6.54 Å². The van der Waals surface area contributed by atoms with Gasteiger partial charge in [0.05, 0.1) is 0 Å². The maximum Gasteiger partial charge on any atom is 0.453 e. The van der Waals surface area contributed by atoms with Crippen molar-refractivity contribution in [3.63, 3.8) is 0 Å². The van der Waals surface area contributed by atoms with E-state index >= 15 is 0 Å². The van der Waals surface area contributed by atoms with E-state index in [-0.39, 0.29) is 6.04 Å². The maximum absolute atomic E-state index is 10.0. The van der Waals surface area contributed by atoms with Gasteiger partial charge in [0.1, 0.15) is 0 Å². The molecule has 0 spiro atoms. The predicted molar refractivity (Wildman–Crippen MR) is 26.9 cm³/mol. The van der Waals surface area contributed by atoms with Crippen molar-refractivity contribution in [1.82, 2.24) is 4.90 Å². The van der Waals surface area contributed by atoms with Crippen LogP contribution in [-0.2, 0) is 5.11 Å². The second-order valence-corrected chi connectivity index (χ2v) is 2.10. The normalized spacial score (nSPS) is 27.1. The van der Waals surface area contributed by atoms with E-state index in [1.807, 2.05) is 6.92 Å². The molecule has 0 aromatic heterocycles. The SMILES string of the molecule is CC1CCN1C([O])=O. The van der Waals surface area contributed by atoms with Gasteiger partial charge in [0, 0.05) is 12.6 Å². The molecule has 0 saturated carbocycles. The summed E-state index contributed by atoms with van der Waals surface area (Å²) in [6.45, 7) is 2.53. The number of rotatable bonds is 0. The fourth-order valence-corrected chi connectivity index (χ4v) is 0.788. The molecule has 1 rings (SSSR count). The Bertz CT molecular complexity index is 113. The molecule has 1 amide bonds. The quantitative estimate of drug-likeness (QED) is 0.455. The van der Waals surface area contributed by atoms with Crippen LogP contribution in [0.4, 0.5) is 4.79 Å². The minimum atomic E-state index is -1.04. The molecule has 1 atom stereocenters. The lowest BCUT2D eigenvalue weighted by Crippen LogP contribution is -2.48. The van der Waals surface area contributed by atoms with E-state index in [2.05, 4.69) is 0 Å². The monoisotopic (exact) mass is 114 g/mol.